The van der Waals surface area contributed by atoms with Crippen LogP contribution in [0.4, 0.5) is 5.69 Å². The van der Waals surface area contributed by atoms with Gasteiger partial charge in [0.05, 0.1) is 0 Å². The second kappa shape index (κ2) is 5.52. The zero-order chi connectivity index (χ0) is 14.1. The minimum atomic E-state index is 0.211. The van der Waals surface area contributed by atoms with E-state index in [0.29, 0.717) is 6.79 Å². The molecule has 0 saturated heterocycles. The first-order valence-corrected chi connectivity index (χ1v) is 7.63. The zero-order valence-electron chi connectivity index (χ0n) is 11.4. The van der Waals surface area contributed by atoms with Crippen molar-refractivity contribution >= 4 is 28.3 Å². The molecule has 0 spiro atoms. The first-order valence-electron chi connectivity index (χ1n) is 6.56. The smallest absolute Gasteiger partial charge is 0.231 e. The van der Waals surface area contributed by atoms with Gasteiger partial charge in [-0.2, -0.15) is 0 Å². The fourth-order valence-electron chi connectivity index (χ4n) is 2.20. The Bertz CT molecular complexity index is 642. The highest BCUT2D eigenvalue weighted by molar-refractivity contribution is 14.1. The summed E-state index contributed by atoms with van der Waals surface area (Å²) in [5.74, 6) is 1.65. The summed E-state index contributed by atoms with van der Waals surface area (Å²) >= 11 is 2.36. The van der Waals surface area contributed by atoms with Gasteiger partial charge in [-0.15, -0.1) is 0 Å². The maximum Gasteiger partial charge on any atom is 0.231 e. The summed E-state index contributed by atoms with van der Waals surface area (Å²) in [6.07, 6.45) is 0. The number of benzene rings is 2. The lowest BCUT2D eigenvalue weighted by Crippen LogP contribution is -2.06. The Hall–Kier alpha value is -1.43. The van der Waals surface area contributed by atoms with E-state index in [1.165, 1.54) is 14.7 Å². The number of anilines is 1. The Morgan fingerprint density at radius 3 is 2.70 bits per heavy atom. The highest BCUT2D eigenvalue weighted by Crippen LogP contribution is 2.34. The molecule has 1 unspecified atom stereocenters. The van der Waals surface area contributed by atoms with Crippen LogP contribution in [0.15, 0.2) is 36.4 Å². The molecule has 1 heterocycles. The van der Waals surface area contributed by atoms with Gasteiger partial charge in [-0.05, 0) is 71.8 Å². The number of rotatable bonds is 3. The molecule has 2 aromatic carbocycles. The number of hydrogen-bond donors (Lipinski definition) is 1. The maximum atomic E-state index is 5.42. The van der Waals surface area contributed by atoms with E-state index in [4.69, 9.17) is 9.47 Å². The Morgan fingerprint density at radius 1 is 1.10 bits per heavy atom. The number of nitrogens with one attached hydrogen (secondary N) is 1. The zero-order valence-corrected chi connectivity index (χ0v) is 13.6. The van der Waals surface area contributed by atoms with Crippen LogP contribution >= 0.6 is 22.6 Å². The Labute approximate surface area is 132 Å². The molecule has 0 aliphatic carbocycles. The maximum absolute atomic E-state index is 5.42. The average molecular weight is 381 g/mol. The Morgan fingerprint density at radius 2 is 1.90 bits per heavy atom. The van der Waals surface area contributed by atoms with Crippen molar-refractivity contribution in [1.29, 1.82) is 0 Å². The van der Waals surface area contributed by atoms with E-state index in [1.54, 1.807) is 0 Å². The van der Waals surface area contributed by atoms with Crippen molar-refractivity contribution in [2.24, 2.45) is 0 Å². The SMILES string of the molecule is Cc1ccc(NC(C)c2ccc3c(c2)OCO3)cc1I. The number of fused-ring (bicyclic) bond motifs is 1. The molecule has 0 fully saturated rings. The van der Waals surface area contributed by atoms with Crippen molar-refractivity contribution in [3.63, 3.8) is 0 Å². The molecule has 1 aliphatic rings. The van der Waals surface area contributed by atoms with Crippen LogP contribution < -0.4 is 14.8 Å². The summed E-state index contributed by atoms with van der Waals surface area (Å²) < 4.78 is 12.0. The molecule has 4 heteroatoms. The number of halogens is 1. The lowest BCUT2D eigenvalue weighted by Gasteiger charge is -2.16. The molecule has 1 aliphatic heterocycles. The van der Waals surface area contributed by atoms with Crippen LogP contribution in [-0.2, 0) is 0 Å². The molecule has 2 aromatic rings. The van der Waals surface area contributed by atoms with E-state index >= 15 is 0 Å². The average Bonchev–Trinajstić information content (AvgIpc) is 2.90. The second-order valence-electron chi connectivity index (χ2n) is 4.94. The normalized spacial score (nSPS) is 14.2. The van der Waals surface area contributed by atoms with Crippen LogP contribution in [0.5, 0.6) is 11.5 Å². The summed E-state index contributed by atoms with van der Waals surface area (Å²) in [7, 11) is 0. The second-order valence-corrected chi connectivity index (χ2v) is 6.10. The van der Waals surface area contributed by atoms with Crippen LogP contribution in [0.25, 0.3) is 0 Å². The van der Waals surface area contributed by atoms with Crippen LogP contribution in [0, 0.1) is 10.5 Å². The van der Waals surface area contributed by atoms with E-state index < -0.39 is 0 Å². The fraction of sp³-hybridized carbons (Fsp3) is 0.250. The van der Waals surface area contributed by atoms with Crippen molar-refractivity contribution in [1.82, 2.24) is 0 Å². The molecule has 0 radical (unpaired) electrons. The highest BCUT2D eigenvalue weighted by atomic mass is 127. The van der Waals surface area contributed by atoms with Gasteiger partial charge in [-0.25, -0.2) is 0 Å². The first kappa shape index (κ1) is 13.5. The van der Waals surface area contributed by atoms with Crippen molar-refractivity contribution < 1.29 is 9.47 Å². The van der Waals surface area contributed by atoms with Crippen LogP contribution in [-0.4, -0.2) is 6.79 Å². The molecule has 3 rings (SSSR count). The standard InChI is InChI=1S/C16H16INO2/c1-10-3-5-13(8-14(10)17)18-11(2)12-4-6-15-16(7-12)20-9-19-15/h3-8,11,18H,9H2,1-2H3. The van der Waals surface area contributed by atoms with Crippen LogP contribution in [0.1, 0.15) is 24.1 Å². The van der Waals surface area contributed by atoms with Gasteiger partial charge in [-0.3, -0.25) is 0 Å². The third kappa shape index (κ3) is 2.70. The largest absolute Gasteiger partial charge is 0.454 e. The van der Waals surface area contributed by atoms with Crippen molar-refractivity contribution in [2.45, 2.75) is 19.9 Å². The van der Waals surface area contributed by atoms with E-state index in [-0.39, 0.29) is 6.04 Å². The van der Waals surface area contributed by atoms with E-state index in [0.717, 1.165) is 17.2 Å². The van der Waals surface area contributed by atoms with E-state index in [9.17, 15) is 0 Å². The fourth-order valence-corrected chi connectivity index (χ4v) is 2.71. The van der Waals surface area contributed by atoms with E-state index in [2.05, 4.69) is 66.0 Å². The summed E-state index contributed by atoms with van der Waals surface area (Å²) in [6.45, 7) is 4.58. The third-order valence-corrected chi connectivity index (χ3v) is 4.61. The molecule has 20 heavy (non-hydrogen) atoms. The van der Waals surface area contributed by atoms with Crippen molar-refractivity contribution in [2.75, 3.05) is 12.1 Å². The van der Waals surface area contributed by atoms with Crippen molar-refractivity contribution in [3.05, 3.63) is 51.1 Å². The molecule has 104 valence electrons. The summed E-state index contributed by atoms with van der Waals surface area (Å²) in [4.78, 5) is 0. The number of hydrogen-bond acceptors (Lipinski definition) is 3. The quantitative estimate of drug-likeness (QED) is 0.795. The van der Waals surface area contributed by atoms with Gasteiger partial charge in [0.2, 0.25) is 6.79 Å². The lowest BCUT2D eigenvalue weighted by molar-refractivity contribution is 0.174. The van der Waals surface area contributed by atoms with Gasteiger partial charge >= 0.3 is 0 Å². The minimum absolute atomic E-state index is 0.211. The minimum Gasteiger partial charge on any atom is -0.454 e. The molecule has 1 atom stereocenters. The van der Waals surface area contributed by atoms with Gasteiger partial charge in [0.15, 0.2) is 11.5 Å². The summed E-state index contributed by atoms with van der Waals surface area (Å²) in [5.41, 5.74) is 3.61. The topological polar surface area (TPSA) is 30.5 Å². The molecule has 0 bridgehead atoms. The Kier molecular flexibility index (Phi) is 3.74. The van der Waals surface area contributed by atoms with Gasteiger partial charge < -0.3 is 14.8 Å². The molecular weight excluding hydrogens is 365 g/mol. The molecule has 3 nitrogen and oxygen atoms in total. The van der Waals surface area contributed by atoms with Crippen LogP contribution in [0.3, 0.4) is 0 Å². The highest BCUT2D eigenvalue weighted by Gasteiger charge is 2.15. The van der Waals surface area contributed by atoms with Gasteiger partial charge in [0.1, 0.15) is 0 Å². The van der Waals surface area contributed by atoms with E-state index in [1.807, 2.05) is 12.1 Å². The predicted molar refractivity (Wildman–Crippen MR) is 88.5 cm³/mol. The van der Waals surface area contributed by atoms with Gasteiger partial charge in [-0.1, -0.05) is 12.1 Å². The monoisotopic (exact) mass is 381 g/mol. The molecule has 1 N–H and O–H groups in total. The Balaban J connectivity index is 1.78. The molecular formula is C16H16INO2. The first-order chi connectivity index (χ1) is 9.63. The van der Waals surface area contributed by atoms with Crippen molar-refractivity contribution in [3.8, 4) is 11.5 Å². The molecule has 0 amide bonds. The third-order valence-electron chi connectivity index (χ3n) is 3.45. The van der Waals surface area contributed by atoms with Gasteiger partial charge in [0.25, 0.3) is 0 Å². The summed E-state index contributed by atoms with van der Waals surface area (Å²) in [6, 6.07) is 12.7. The van der Waals surface area contributed by atoms with Gasteiger partial charge in [0, 0.05) is 15.3 Å². The molecule has 0 saturated carbocycles. The number of aryl methyl sites for hydroxylation is 1. The predicted octanol–water partition coefficient (Wildman–Crippen LogP) is 4.50. The summed E-state index contributed by atoms with van der Waals surface area (Å²) in [5, 5.41) is 3.52. The molecule has 0 aromatic heterocycles. The number of ether oxygens (including phenoxy) is 2. The lowest BCUT2D eigenvalue weighted by atomic mass is 10.1. The van der Waals surface area contributed by atoms with Crippen LogP contribution in [0.2, 0.25) is 0 Å².